The Kier molecular flexibility index (Phi) is 3.32. The number of hydrogen-bond donors (Lipinski definition) is 0. The molecule has 2 heterocycles. The van der Waals surface area contributed by atoms with Crippen molar-refractivity contribution < 1.29 is 0 Å². The lowest BCUT2D eigenvalue weighted by molar-refractivity contribution is 0.446. The average molecular weight is 219 g/mol. The highest BCUT2D eigenvalue weighted by molar-refractivity contribution is 5.50. The number of aromatic nitrogens is 1. The van der Waals surface area contributed by atoms with E-state index in [0.717, 1.165) is 11.7 Å². The minimum atomic E-state index is 0.808. The molecule has 0 aliphatic carbocycles. The number of rotatable bonds is 2. The summed E-state index contributed by atoms with van der Waals surface area (Å²) < 4.78 is 0. The fraction of sp³-hybridized carbons (Fsp3) is 0.615. The lowest BCUT2D eigenvalue weighted by Gasteiger charge is -2.32. The van der Waals surface area contributed by atoms with Gasteiger partial charge in [0.05, 0.1) is 11.9 Å². The van der Waals surface area contributed by atoms with Crippen LogP contribution in [-0.2, 0) is 0 Å². The van der Waals surface area contributed by atoms with E-state index in [9.17, 15) is 0 Å². The van der Waals surface area contributed by atoms with Gasteiger partial charge >= 0.3 is 0 Å². The van der Waals surface area contributed by atoms with Gasteiger partial charge in [-0.25, -0.2) is 4.98 Å². The van der Waals surface area contributed by atoms with E-state index in [1.807, 2.05) is 25.2 Å². The predicted molar refractivity (Wildman–Crippen MR) is 69.2 cm³/mol. The molecule has 0 saturated carbocycles. The van der Waals surface area contributed by atoms with Crippen LogP contribution in [0.3, 0.4) is 0 Å². The van der Waals surface area contributed by atoms with Crippen molar-refractivity contribution in [1.29, 1.82) is 0 Å². The summed E-state index contributed by atoms with van der Waals surface area (Å²) in [5.41, 5.74) is 1.26. The third-order valence-corrected chi connectivity index (χ3v) is 3.21. The van der Waals surface area contributed by atoms with E-state index in [1.165, 1.54) is 31.6 Å². The number of pyridine rings is 1. The Balaban J connectivity index is 2.09. The molecule has 1 atom stereocenters. The first kappa shape index (κ1) is 11.2. The van der Waals surface area contributed by atoms with Gasteiger partial charge in [0.15, 0.2) is 0 Å². The second kappa shape index (κ2) is 4.73. The zero-order valence-electron chi connectivity index (χ0n) is 10.5. The smallest absolute Gasteiger partial charge is 0.128 e. The molecule has 1 unspecified atom stereocenters. The van der Waals surface area contributed by atoms with Gasteiger partial charge in [-0.05, 0) is 30.9 Å². The minimum Gasteiger partial charge on any atom is -0.370 e. The molecular weight excluding hydrogens is 198 g/mol. The molecule has 1 aromatic rings. The molecule has 1 fully saturated rings. The molecule has 1 aromatic heterocycles. The van der Waals surface area contributed by atoms with E-state index in [-0.39, 0.29) is 0 Å². The van der Waals surface area contributed by atoms with Crippen molar-refractivity contribution in [3.63, 3.8) is 0 Å². The van der Waals surface area contributed by atoms with Crippen molar-refractivity contribution >= 4 is 11.5 Å². The zero-order valence-corrected chi connectivity index (χ0v) is 10.5. The molecule has 0 amide bonds. The van der Waals surface area contributed by atoms with Crippen LogP contribution in [0.25, 0.3) is 0 Å². The van der Waals surface area contributed by atoms with Gasteiger partial charge in [-0.1, -0.05) is 6.92 Å². The number of hydrogen-bond acceptors (Lipinski definition) is 3. The van der Waals surface area contributed by atoms with Crippen LogP contribution in [0.1, 0.15) is 19.8 Å². The van der Waals surface area contributed by atoms with Gasteiger partial charge in [0.1, 0.15) is 5.82 Å². The fourth-order valence-corrected chi connectivity index (χ4v) is 2.25. The maximum Gasteiger partial charge on any atom is 0.128 e. The molecule has 3 heteroatoms. The lowest BCUT2D eigenvalue weighted by Crippen LogP contribution is -2.34. The molecule has 1 saturated heterocycles. The first-order valence-corrected chi connectivity index (χ1v) is 6.05. The first-order chi connectivity index (χ1) is 7.66. The van der Waals surface area contributed by atoms with Gasteiger partial charge in [0.25, 0.3) is 0 Å². The summed E-state index contributed by atoms with van der Waals surface area (Å²) in [4.78, 5) is 8.94. The van der Waals surface area contributed by atoms with Gasteiger partial charge in [-0.15, -0.1) is 0 Å². The third-order valence-electron chi connectivity index (χ3n) is 3.21. The van der Waals surface area contributed by atoms with Crippen molar-refractivity contribution in [1.82, 2.24) is 4.98 Å². The van der Waals surface area contributed by atoms with Crippen molar-refractivity contribution in [2.75, 3.05) is 37.0 Å². The maximum absolute atomic E-state index is 4.46. The second-order valence-corrected chi connectivity index (χ2v) is 4.96. The number of nitrogens with zero attached hydrogens (tertiary/aromatic N) is 3. The molecule has 0 N–H and O–H groups in total. The normalized spacial score (nSPS) is 20.9. The van der Waals surface area contributed by atoms with E-state index < -0.39 is 0 Å². The molecule has 16 heavy (non-hydrogen) atoms. The fourth-order valence-electron chi connectivity index (χ4n) is 2.25. The predicted octanol–water partition coefficient (Wildman–Crippen LogP) is 2.38. The highest BCUT2D eigenvalue weighted by Crippen LogP contribution is 2.23. The highest BCUT2D eigenvalue weighted by atomic mass is 15.2. The maximum atomic E-state index is 4.46. The molecule has 88 valence electrons. The SMILES string of the molecule is CC1CCCN(c2ccc(N(C)C)nc2)C1. The third kappa shape index (κ3) is 2.46. The first-order valence-electron chi connectivity index (χ1n) is 6.05. The topological polar surface area (TPSA) is 19.4 Å². The zero-order chi connectivity index (χ0) is 11.5. The van der Waals surface area contributed by atoms with Crippen LogP contribution in [0.4, 0.5) is 11.5 Å². The van der Waals surface area contributed by atoms with Crippen LogP contribution in [0.5, 0.6) is 0 Å². The van der Waals surface area contributed by atoms with Gasteiger partial charge in [0, 0.05) is 27.2 Å². The van der Waals surface area contributed by atoms with Crippen LogP contribution in [0.15, 0.2) is 18.3 Å². The Hall–Kier alpha value is -1.25. The van der Waals surface area contributed by atoms with Gasteiger partial charge in [-0.3, -0.25) is 0 Å². The number of anilines is 2. The summed E-state index contributed by atoms with van der Waals surface area (Å²) in [5.74, 6) is 1.83. The summed E-state index contributed by atoms with van der Waals surface area (Å²) in [6.07, 6.45) is 4.66. The van der Waals surface area contributed by atoms with Crippen LogP contribution in [0, 0.1) is 5.92 Å². The summed E-state index contributed by atoms with van der Waals surface area (Å²) in [5, 5.41) is 0. The van der Waals surface area contributed by atoms with Gasteiger partial charge < -0.3 is 9.80 Å². The van der Waals surface area contributed by atoms with Gasteiger partial charge in [-0.2, -0.15) is 0 Å². The molecule has 2 rings (SSSR count). The molecule has 1 aliphatic heterocycles. The molecule has 3 nitrogen and oxygen atoms in total. The van der Waals surface area contributed by atoms with E-state index in [2.05, 4.69) is 28.9 Å². The molecule has 0 radical (unpaired) electrons. The monoisotopic (exact) mass is 219 g/mol. The quantitative estimate of drug-likeness (QED) is 0.761. The van der Waals surface area contributed by atoms with Crippen LogP contribution < -0.4 is 9.80 Å². The van der Waals surface area contributed by atoms with E-state index >= 15 is 0 Å². The highest BCUT2D eigenvalue weighted by Gasteiger charge is 2.16. The van der Waals surface area contributed by atoms with Crippen LogP contribution >= 0.6 is 0 Å². The largest absolute Gasteiger partial charge is 0.370 e. The van der Waals surface area contributed by atoms with E-state index in [0.29, 0.717) is 0 Å². The Labute approximate surface area is 98.1 Å². The summed E-state index contributed by atoms with van der Waals surface area (Å²) in [6, 6.07) is 4.27. The molecular formula is C13H21N3. The molecule has 0 aromatic carbocycles. The van der Waals surface area contributed by atoms with Crippen LogP contribution in [0.2, 0.25) is 0 Å². The summed E-state index contributed by atoms with van der Waals surface area (Å²) >= 11 is 0. The minimum absolute atomic E-state index is 0.808. The lowest BCUT2D eigenvalue weighted by atomic mass is 10.00. The van der Waals surface area contributed by atoms with Crippen molar-refractivity contribution in [3.8, 4) is 0 Å². The van der Waals surface area contributed by atoms with Gasteiger partial charge in [0.2, 0.25) is 0 Å². The van der Waals surface area contributed by atoms with E-state index in [1.54, 1.807) is 0 Å². The van der Waals surface area contributed by atoms with Crippen LogP contribution in [-0.4, -0.2) is 32.2 Å². The molecule has 0 bridgehead atoms. The van der Waals surface area contributed by atoms with Crippen molar-refractivity contribution in [3.05, 3.63) is 18.3 Å². The Bertz CT molecular complexity index is 332. The second-order valence-electron chi connectivity index (χ2n) is 4.96. The summed E-state index contributed by atoms with van der Waals surface area (Å²) in [7, 11) is 4.04. The Morgan fingerprint density at radius 2 is 2.19 bits per heavy atom. The van der Waals surface area contributed by atoms with E-state index in [4.69, 9.17) is 0 Å². The standard InChI is InChI=1S/C13H21N3/c1-11-5-4-8-16(10-11)12-6-7-13(14-9-12)15(2)3/h6-7,9,11H,4-5,8,10H2,1-3H3. The molecule has 0 spiro atoms. The van der Waals surface area contributed by atoms with Crippen molar-refractivity contribution in [2.24, 2.45) is 5.92 Å². The Morgan fingerprint density at radius 1 is 1.38 bits per heavy atom. The summed E-state index contributed by atoms with van der Waals surface area (Å²) in [6.45, 7) is 4.67. The molecule has 1 aliphatic rings. The Morgan fingerprint density at radius 3 is 2.75 bits per heavy atom. The number of piperidine rings is 1. The van der Waals surface area contributed by atoms with Crippen molar-refractivity contribution in [2.45, 2.75) is 19.8 Å². The average Bonchev–Trinajstić information content (AvgIpc) is 2.29.